The zero-order valence-corrected chi connectivity index (χ0v) is 19.0. The van der Waals surface area contributed by atoms with Crippen LogP contribution in [-0.4, -0.2) is 37.7 Å². The number of nitrogens with two attached hydrogens (primary N) is 1. The molecule has 2 aliphatic heterocycles. The number of H-pyrrole nitrogens is 1. The van der Waals surface area contributed by atoms with Gasteiger partial charge < -0.3 is 11.1 Å². The average Bonchev–Trinajstić information content (AvgIpc) is 2.86. The SMILES string of the molecule is Nc1nc2c(c(=O)[nH]1)C(c1ccc([N+](=O)[O-])cc1)C1(C(=O)NC(=O)NC1=O)C(c1ccc([N+](=O)[O-])cc1)N2. The van der Waals surface area contributed by atoms with Crippen molar-refractivity contribution in [2.75, 3.05) is 11.1 Å². The minimum Gasteiger partial charge on any atom is -0.369 e. The van der Waals surface area contributed by atoms with Gasteiger partial charge >= 0.3 is 6.03 Å². The number of amides is 4. The van der Waals surface area contributed by atoms with Crippen LogP contribution in [0.15, 0.2) is 53.3 Å². The third-order valence-electron chi connectivity index (χ3n) is 6.53. The summed E-state index contributed by atoms with van der Waals surface area (Å²) >= 11 is 0. The molecule has 16 heteroatoms. The van der Waals surface area contributed by atoms with E-state index in [1.54, 1.807) is 0 Å². The molecule has 0 bridgehead atoms. The lowest BCUT2D eigenvalue weighted by molar-refractivity contribution is -0.385. The number of anilines is 2. The molecule has 5 rings (SSSR count). The van der Waals surface area contributed by atoms with E-state index in [0.717, 1.165) is 24.3 Å². The summed E-state index contributed by atoms with van der Waals surface area (Å²) in [4.78, 5) is 80.2. The van der Waals surface area contributed by atoms with Crippen molar-refractivity contribution in [2.45, 2.75) is 12.0 Å². The van der Waals surface area contributed by atoms with Crippen LogP contribution in [-0.2, 0) is 9.59 Å². The van der Waals surface area contributed by atoms with Crippen molar-refractivity contribution in [3.05, 3.63) is 95.8 Å². The Balaban J connectivity index is 1.84. The van der Waals surface area contributed by atoms with E-state index in [2.05, 4.69) is 25.9 Å². The Kier molecular flexibility index (Phi) is 5.36. The number of aromatic nitrogens is 2. The van der Waals surface area contributed by atoms with Crippen LogP contribution in [0.25, 0.3) is 0 Å². The van der Waals surface area contributed by atoms with Gasteiger partial charge in [-0.05, 0) is 11.1 Å². The molecule has 2 aromatic carbocycles. The van der Waals surface area contributed by atoms with Crippen LogP contribution in [0.2, 0.25) is 0 Å². The van der Waals surface area contributed by atoms with Gasteiger partial charge in [-0.15, -0.1) is 0 Å². The molecule has 38 heavy (non-hydrogen) atoms. The normalized spacial score (nSPS) is 19.6. The third kappa shape index (κ3) is 3.50. The molecular formula is C22H16N8O8. The molecule has 192 valence electrons. The van der Waals surface area contributed by atoms with E-state index in [-0.39, 0.29) is 39.8 Å². The van der Waals surface area contributed by atoms with Crippen molar-refractivity contribution in [2.24, 2.45) is 5.41 Å². The van der Waals surface area contributed by atoms with Crippen LogP contribution in [0.3, 0.4) is 0 Å². The number of non-ortho nitro benzene ring substituents is 2. The van der Waals surface area contributed by atoms with Crippen LogP contribution in [0.5, 0.6) is 0 Å². The highest BCUT2D eigenvalue weighted by molar-refractivity contribution is 6.21. The van der Waals surface area contributed by atoms with E-state index in [9.17, 15) is 39.4 Å². The first kappa shape index (κ1) is 24.0. The molecule has 3 heterocycles. The highest BCUT2D eigenvalue weighted by atomic mass is 16.6. The van der Waals surface area contributed by atoms with Crippen LogP contribution in [0.4, 0.5) is 27.9 Å². The number of rotatable bonds is 4. The van der Waals surface area contributed by atoms with Gasteiger partial charge in [-0.2, -0.15) is 4.98 Å². The zero-order valence-electron chi connectivity index (χ0n) is 19.0. The number of nitrogens with one attached hydrogen (secondary N) is 4. The molecule has 0 saturated carbocycles. The summed E-state index contributed by atoms with van der Waals surface area (Å²) < 4.78 is 0. The average molecular weight is 520 g/mol. The van der Waals surface area contributed by atoms with Crippen molar-refractivity contribution in [1.29, 1.82) is 0 Å². The molecule has 16 nitrogen and oxygen atoms in total. The number of nitrogen functional groups attached to an aromatic ring is 1. The molecule has 1 aromatic heterocycles. The maximum atomic E-state index is 13.7. The van der Waals surface area contributed by atoms with Crippen LogP contribution >= 0.6 is 0 Å². The number of aromatic amines is 1. The van der Waals surface area contributed by atoms with E-state index in [0.29, 0.717) is 0 Å². The third-order valence-corrected chi connectivity index (χ3v) is 6.53. The van der Waals surface area contributed by atoms with Crippen molar-refractivity contribution in [1.82, 2.24) is 20.6 Å². The predicted octanol–water partition coefficient (Wildman–Crippen LogP) is 0.820. The summed E-state index contributed by atoms with van der Waals surface area (Å²) in [5.74, 6) is -3.97. The van der Waals surface area contributed by atoms with Crippen LogP contribution in [0.1, 0.15) is 28.7 Å². The smallest absolute Gasteiger partial charge is 0.328 e. The molecule has 1 fully saturated rings. The maximum Gasteiger partial charge on any atom is 0.328 e. The molecule has 2 atom stereocenters. The van der Waals surface area contributed by atoms with E-state index in [4.69, 9.17) is 5.73 Å². The van der Waals surface area contributed by atoms with E-state index >= 15 is 0 Å². The van der Waals surface area contributed by atoms with E-state index in [1.165, 1.54) is 24.3 Å². The van der Waals surface area contributed by atoms with Crippen molar-refractivity contribution in [3.63, 3.8) is 0 Å². The lowest BCUT2D eigenvalue weighted by Gasteiger charge is -2.48. The minimum absolute atomic E-state index is 0.0962. The Morgan fingerprint density at radius 3 is 1.82 bits per heavy atom. The summed E-state index contributed by atoms with van der Waals surface area (Å²) in [5, 5.41) is 29.4. The zero-order chi connectivity index (χ0) is 27.4. The van der Waals surface area contributed by atoms with Gasteiger partial charge in [-0.25, -0.2) is 4.79 Å². The number of nitro groups is 2. The summed E-state index contributed by atoms with van der Waals surface area (Å²) in [7, 11) is 0. The predicted molar refractivity (Wildman–Crippen MR) is 128 cm³/mol. The van der Waals surface area contributed by atoms with Gasteiger partial charge in [0.15, 0.2) is 5.41 Å². The van der Waals surface area contributed by atoms with Gasteiger partial charge in [0.1, 0.15) is 5.82 Å². The first-order valence-corrected chi connectivity index (χ1v) is 10.9. The molecule has 1 saturated heterocycles. The summed E-state index contributed by atoms with van der Waals surface area (Å²) in [5.41, 5.74) is 2.25. The number of nitrogens with zero attached hydrogens (tertiary/aromatic N) is 3. The fourth-order valence-electron chi connectivity index (χ4n) is 4.95. The molecule has 1 spiro atoms. The number of fused-ring (bicyclic) bond motifs is 1. The number of hydrogen-bond acceptors (Lipinski definition) is 11. The number of barbiturate groups is 1. The Bertz CT molecular complexity index is 1580. The highest BCUT2D eigenvalue weighted by Gasteiger charge is 2.65. The lowest BCUT2D eigenvalue weighted by atomic mass is 9.59. The number of carbonyl (C=O) groups is 3. The van der Waals surface area contributed by atoms with Crippen molar-refractivity contribution < 1.29 is 24.2 Å². The Morgan fingerprint density at radius 2 is 1.32 bits per heavy atom. The monoisotopic (exact) mass is 520 g/mol. The maximum absolute atomic E-state index is 13.7. The quantitative estimate of drug-likeness (QED) is 0.183. The molecule has 4 amide bonds. The summed E-state index contributed by atoms with van der Waals surface area (Å²) in [6, 6.07) is 7.32. The number of carbonyl (C=O) groups excluding carboxylic acids is 3. The second kappa shape index (κ2) is 8.47. The molecule has 3 aromatic rings. The highest BCUT2D eigenvalue weighted by Crippen LogP contribution is 2.55. The standard InChI is InChI=1S/C22H16N8O8/c23-20-25-16-13(17(31)26-20)14(9-1-5-11(6-2-9)29(35)36)22(18(32)27-21(34)28-19(22)33)15(24-16)10-3-7-12(8-4-10)30(37)38/h1-8,14-15H,(H4,23,24,25,26,31)(H2,27,28,32,33,34). The Labute approximate surface area is 210 Å². The lowest BCUT2D eigenvalue weighted by Crippen LogP contribution is -2.68. The molecule has 0 aliphatic carbocycles. The van der Waals surface area contributed by atoms with Gasteiger partial charge in [0, 0.05) is 30.2 Å². The van der Waals surface area contributed by atoms with Gasteiger partial charge in [0.2, 0.25) is 17.8 Å². The molecule has 0 radical (unpaired) electrons. The fourth-order valence-corrected chi connectivity index (χ4v) is 4.95. The molecular weight excluding hydrogens is 504 g/mol. The number of imide groups is 2. The number of benzene rings is 2. The largest absolute Gasteiger partial charge is 0.369 e. The Morgan fingerprint density at radius 1 is 0.816 bits per heavy atom. The second-order valence-electron chi connectivity index (χ2n) is 8.53. The summed E-state index contributed by atoms with van der Waals surface area (Å²) in [6.45, 7) is 0. The topological polar surface area (TPSA) is 245 Å². The van der Waals surface area contributed by atoms with Crippen molar-refractivity contribution >= 4 is 41.0 Å². The van der Waals surface area contributed by atoms with Gasteiger partial charge in [-0.1, -0.05) is 24.3 Å². The van der Waals surface area contributed by atoms with Gasteiger partial charge in [0.05, 0.1) is 21.5 Å². The van der Waals surface area contributed by atoms with Crippen molar-refractivity contribution in [3.8, 4) is 0 Å². The van der Waals surface area contributed by atoms with E-state index in [1.807, 2.05) is 0 Å². The van der Waals surface area contributed by atoms with Gasteiger partial charge in [-0.3, -0.25) is 50.2 Å². The van der Waals surface area contributed by atoms with Gasteiger partial charge in [0.25, 0.3) is 16.9 Å². The fraction of sp³-hybridized carbons (Fsp3) is 0.136. The summed E-state index contributed by atoms with van der Waals surface area (Å²) in [6.07, 6.45) is 0. The van der Waals surface area contributed by atoms with E-state index < -0.39 is 50.6 Å². The molecule has 2 unspecified atom stereocenters. The molecule has 6 N–H and O–H groups in total. The first-order valence-electron chi connectivity index (χ1n) is 10.9. The molecule has 2 aliphatic rings. The number of nitro benzene ring substituents is 2. The van der Waals surface area contributed by atoms with Crippen LogP contribution < -0.4 is 27.2 Å². The number of urea groups is 1. The first-order chi connectivity index (χ1) is 18.0. The second-order valence-corrected chi connectivity index (χ2v) is 8.53. The Hall–Kier alpha value is -5.67. The minimum atomic E-state index is -2.28. The number of hydrogen-bond donors (Lipinski definition) is 5. The van der Waals surface area contributed by atoms with Crippen LogP contribution in [0, 0.1) is 25.6 Å².